The zero-order chi connectivity index (χ0) is 26.2. The summed E-state index contributed by atoms with van der Waals surface area (Å²) in [4.78, 5) is 41.1. The van der Waals surface area contributed by atoms with E-state index in [-0.39, 0.29) is 23.4 Å². The summed E-state index contributed by atoms with van der Waals surface area (Å²) in [7, 11) is 1.17. The van der Waals surface area contributed by atoms with Gasteiger partial charge in [-0.3, -0.25) is 19.3 Å². The van der Waals surface area contributed by atoms with Crippen LogP contribution in [0, 0.1) is 0 Å². The minimum atomic E-state index is -0.958. The number of rotatable bonds is 4. The first-order valence-corrected chi connectivity index (χ1v) is 13.1. The fraction of sp³-hybridized carbons (Fsp3) is 0.296. The molecule has 0 radical (unpaired) electrons. The van der Waals surface area contributed by atoms with Gasteiger partial charge in [0.2, 0.25) is 18.0 Å². The topological polar surface area (TPSA) is 99.5 Å². The predicted molar refractivity (Wildman–Crippen MR) is 138 cm³/mol. The lowest BCUT2D eigenvalue weighted by Crippen LogP contribution is -2.66. The highest BCUT2D eigenvalue weighted by atomic mass is 32.2. The van der Waals surface area contributed by atoms with Crippen molar-refractivity contribution in [1.82, 2.24) is 9.58 Å². The van der Waals surface area contributed by atoms with E-state index in [1.165, 1.54) is 18.7 Å². The third-order valence-corrected chi connectivity index (χ3v) is 8.05. The lowest BCUT2D eigenvalue weighted by Gasteiger charge is -2.51. The molecule has 1 amide bonds. The molecule has 38 heavy (non-hydrogen) atoms. The Hall–Kier alpha value is -3.96. The van der Waals surface area contributed by atoms with Gasteiger partial charge in [-0.05, 0) is 22.8 Å². The summed E-state index contributed by atoms with van der Waals surface area (Å²) in [5.41, 5.74) is 2.94. The molecule has 0 spiro atoms. The Labute approximate surface area is 222 Å². The van der Waals surface area contributed by atoms with Gasteiger partial charge in [0.05, 0.1) is 26.4 Å². The number of hydrogen-bond donors (Lipinski definition) is 0. The van der Waals surface area contributed by atoms with Crippen LogP contribution in [0.25, 0.3) is 0 Å². The van der Waals surface area contributed by atoms with E-state index < -0.39 is 24.5 Å². The monoisotopic (exact) mass is 535 g/mol. The highest BCUT2D eigenvalue weighted by Crippen LogP contribution is 2.44. The summed E-state index contributed by atoms with van der Waals surface area (Å²) in [5, 5.41) is 2.09. The first-order chi connectivity index (χ1) is 18.6. The first kappa shape index (κ1) is 24.4. The zero-order valence-electron chi connectivity index (χ0n) is 20.6. The van der Waals surface area contributed by atoms with E-state index in [1.807, 2.05) is 24.3 Å². The van der Waals surface area contributed by atoms with Crippen molar-refractivity contribution in [3.8, 4) is 5.75 Å². The molecule has 1 aromatic heterocycles. The maximum atomic E-state index is 13.8. The lowest BCUT2D eigenvalue weighted by atomic mass is 9.93. The summed E-state index contributed by atoms with van der Waals surface area (Å²) >= 11 is 1.77. The van der Waals surface area contributed by atoms with E-state index in [0.29, 0.717) is 19.8 Å². The Kier molecular flexibility index (Phi) is 6.46. The van der Waals surface area contributed by atoms with E-state index in [9.17, 15) is 14.4 Å². The van der Waals surface area contributed by atoms with E-state index in [0.717, 1.165) is 21.8 Å². The van der Waals surface area contributed by atoms with E-state index in [4.69, 9.17) is 14.2 Å². The molecule has 0 bridgehead atoms. The second-order valence-corrected chi connectivity index (χ2v) is 9.94. The van der Waals surface area contributed by atoms with Crippen molar-refractivity contribution in [3.63, 3.8) is 0 Å². The number of carbonyl (C=O) groups is 2. The summed E-state index contributed by atoms with van der Waals surface area (Å²) in [6.07, 6.45) is 0.207. The molecule has 1 unspecified atom stereocenters. The van der Waals surface area contributed by atoms with Crippen LogP contribution in [0.5, 0.6) is 5.75 Å². The average molecular weight is 536 g/mol. The molecule has 2 atom stereocenters. The van der Waals surface area contributed by atoms with Crippen molar-refractivity contribution >= 4 is 23.8 Å². The van der Waals surface area contributed by atoms with Crippen LogP contribution in [0.1, 0.15) is 33.2 Å². The molecule has 1 fully saturated rings. The van der Waals surface area contributed by atoms with Gasteiger partial charge in [0, 0.05) is 29.5 Å². The van der Waals surface area contributed by atoms with Crippen LogP contribution in [0.2, 0.25) is 0 Å². The van der Waals surface area contributed by atoms with Crippen molar-refractivity contribution in [2.75, 3.05) is 38.7 Å². The third kappa shape index (κ3) is 4.07. The van der Waals surface area contributed by atoms with Crippen molar-refractivity contribution in [2.24, 2.45) is 0 Å². The minimum Gasteiger partial charge on any atom is -0.451 e. The number of nitrogens with zero attached hydrogens (tertiary/aromatic N) is 3. The Morgan fingerprint density at radius 3 is 2.71 bits per heavy atom. The summed E-state index contributed by atoms with van der Waals surface area (Å²) in [5.74, 6) is 0.253. The molecule has 0 aliphatic carbocycles. The predicted octanol–water partition coefficient (Wildman–Crippen LogP) is 3.11. The number of pyridine rings is 1. The van der Waals surface area contributed by atoms with Gasteiger partial charge in [0.25, 0.3) is 5.91 Å². The highest BCUT2D eigenvalue weighted by Gasteiger charge is 2.46. The summed E-state index contributed by atoms with van der Waals surface area (Å²) in [6, 6.07) is 17.6. The molecule has 3 aromatic rings. The fourth-order valence-corrected chi connectivity index (χ4v) is 6.33. The molecule has 1 saturated heterocycles. The van der Waals surface area contributed by atoms with Crippen LogP contribution in [-0.2, 0) is 20.0 Å². The Morgan fingerprint density at radius 1 is 1.08 bits per heavy atom. The number of ether oxygens (including phenoxy) is 4. The molecular weight excluding hydrogens is 510 g/mol. The number of benzene rings is 2. The summed E-state index contributed by atoms with van der Waals surface area (Å²) < 4.78 is 22.5. The second kappa shape index (κ2) is 10.1. The molecular formula is C27H25N3O7S. The average Bonchev–Trinajstić information content (AvgIpc) is 3.11. The number of methoxy groups -OCH3 is 1. The Balaban J connectivity index is 1.55. The number of amides is 1. The van der Waals surface area contributed by atoms with Crippen LogP contribution in [-0.4, -0.2) is 61.5 Å². The van der Waals surface area contributed by atoms with Crippen LogP contribution < -0.4 is 15.2 Å². The smallest absolute Gasteiger partial charge is 0.451 e. The lowest BCUT2D eigenvalue weighted by molar-refractivity contribution is -0.0209. The zero-order valence-corrected chi connectivity index (χ0v) is 21.4. The van der Waals surface area contributed by atoms with Gasteiger partial charge in [-0.15, -0.1) is 11.8 Å². The number of aromatic nitrogens is 1. The third-order valence-electron chi connectivity index (χ3n) is 6.91. The van der Waals surface area contributed by atoms with Gasteiger partial charge >= 0.3 is 6.16 Å². The van der Waals surface area contributed by atoms with Crippen LogP contribution in [0.3, 0.4) is 0 Å². The maximum Gasteiger partial charge on any atom is 0.510 e. The van der Waals surface area contributed by atoms with Crippen molar-refractivity contribution < 1.29 is 28.5 Å². The van der Waals surface area contributed by atoms with Gasteiger partial charge in [-0.1, -0.05) is 42.5 Å². The Bertz CT molecular complexity index is 1410. The maximum absolute atomic E-state index is 13.8. The molecule has 3 aliphatic rings. The number of carbonyl (C=O) groups excluding carboxylic acids is 2. The second-order valence-electron chi connectivity index (χ2n) is 8.92. The quantitative estimate of drug-likeness (QED) is 0.369. The van der Waals surface area contributed by atoms with Crippen molar-refractivity contribution in [1.29, 1.82) is 0 Å². The first-order valence-electron chi connectivity index (χ1n) is 12.1. The van der Waals surface area contributed by atoms with Crippen molar-refractivity contribution in [3.05, 3.63) is 93.4 Å². The van der Waals surface area contributed by atoms with E-state index >= 15 is 0 Å². The SMILES string of the molecule is COC(=O)OCOc1c2n(ccc1=O)N(C1c3ccccc3CSc3ccccc31)[C@@H]1COCCN1C2=O. The molecule has 3 aliphatic heterocycles. The van der Waals surface area contributed by atoms with Gasteiger partial charge in [-0.2, -0.15) is 0 Å². The molecule has 0 N–H and O–H groups in total. The van der Waals surface area contributed by atoms with Crippen LogP contribution in [0.15, 0.2) is 70.5 Å². The molecule has 196 valence electrons. The highest BCUT2D eigenvalue weighted by molar-refractivity contribution is 7.98. The van der Waals surface area contributed by atoms with Gasteiger partial charge < -0.3 is 23.8 Å². The van der Waals surface area contributed by atoms with Crippen LogP contribution in [0.4, 0.5) is 4.79 Å². The molecule has 11 heteroatoms. The van der Waals surface area contributed by atoms with Crippen molar-refractivity contribution in [2.45, 2.75) is 22.9 Å². The largest absolute Gasteiger partial charge is 0.510 e. The van der Waals surface area contributed by atoms with Gasteiger partial charge in [0.15, 0.2) is 5.69 Å². The Morgan fingerprint density at radius 2 is 1.87 bits per heavy atom. The number of hydrogen-bond acceptors (Lipinski definition) is 9. The number of fused-ring (bicyclic) bond motifs is 4. The normalized spacial score (nSPS) is 19.9. The minimum absolute atomic E-state index is 0.0657. The van der Waals surface area contributed by atoms with E-state index in [1.54, 1.807) is 27.5 Å². The number of thioether (sulfide) groups is 1. The van der Waals surface area contributed by atoms with Gasteiger partial charge in [-0.25, -0.2) is 4.79 Å². The molecule has 4 heterocycles. The molecule has 0 saturated carbocycles. The van der Waals surface area contributed by atoms with Crippen LogP contribution >= 0.6 is 11.8 Å². The summed E-state index contributed by atoms with van der Waals surface area (Å²) in [6.45, 7) is 0.450. The van der Waals surface area contributed by atoms with E-state index in [2.05, 4.69) is 34.0 Å². The number of morpholine rings is 1. The molecule has 2 aromatic carbocycles. The molecule has 10 nitrogen and oxygen atoms in total. The standard InChI is InChI=1S/C27H25N3O7S/c1-34-27(33)37-16-36-25-20(31)10-11-29-24(25)26(32)28-12-13-35-14-22(28)30(29)23-18-7-3-2-6-17(18)15-38-21-9-5-4-8-19(21)23/h2-11,22-23H,12-16H2,1H3/t22-,23?/m1/s1. The molecule has 6 rings (SSSR count). The fourth-order valence-electron chi connectivity index (χ4n) is 5.23. The van der Waals surface area contributed by atoms with Gasteiger partial charge in [0.1, 0.15) is 6.17 Å².